The van der Waals surface area contributed by atoms with Crippen molar-refractivity contribution >= 4 is 6.03 Å². The van der Waals surface area contributed by atoms with Crippen LogP contribution < -0.4 is 10.6 Å². The van der Waals surface area contributed by atoms with E-state index in [2.05, 4.69) is 22.8 Å². The number of aliphatic hydroxyl groups is 1. The van der Waals surface area contributed by atoms with Crippen molar-refractivity contribution in [2.45, 2.75) is 57.5 Å². The molecule has 1 aromatic carbocycles. The maximum Gasteiger partial charge on any atom is 0.315 e. The van der Waals surface area contributed by atoms with Gasteiger partial charge in [0.05, 0.1) is 0 Å². The molecular formula is C18H28N2O2. The zero-order chi connectivity index (χ0) is 15.8. The summed E-state index contributed by atoms with van der Waals surface area (Å²) < 4.78 is 0. The minimum Gasteiger partial charge on any atom is -0.396 e. The molecule has 2 amide bonds. The lowest BCUT2D eigenvalue weighted by Crippen LogP contribution is -2.46. The molecular weight excluding hydrogens is 276 g/mol. The summed E-state index contributed by atoms with van der Waals surface area (Å²) in [7, 11) is 0. The van der Waals surface area contributed by atoms with Crippen LogP contribution >= 0.6 is 0 Å². The molecule has 0 spiro atoms. The van der Waals surface area contributed by atoms with E-state index in [1.807, 2.05) is 25.1 Å². The Labute approximate surface area is 133 Å². The van der Waals surface area contributed by atoms with Gasteiger partial charge in [-0.3, -0.25) is 0 Å². The average molecular weight is 304 g/mol. The van der Waals surface area contributed by atoms with Gasteiger partial charge in [0.1, 0.15) is 0 Å². The first-order valence-electron chi connectivity index (χ1n) is 8.39. The van der Waals surface area contributed by atoms with Gasteiger partial charge in [0.2, 0.25) is 0 Å². The van der Waals surface area contributed by atoms with Gasteiger partial charge in [-0.25, -0.2) is 4.79 Å². The molecule has 1 fully saturated rings. The highest BCUT2D eigenvalue weighted by Gasteiger charge is 2.22. The number of hydrogen-bond donors (Lipinski definition) is 3. The van der Waals surface area contributed by atoms with Gasteiger partial charge in [0.25, 0.3) is 0 Å². The number of aliphatic hydroxyl groups excluding tert-OH is 1. The second-order valence-electron chi connectivity index (χ2n) is 6.44. The molecule has 122 valence electrons. The predicted molar refractivity (Wildman–Crippen MR) is 88.7 cm³/mol. The third kappa shape index (κ3) is 5.68. The van der Waals surface area contributed by atoms with E-state index in [9.17, 15) is 4.79 Å². The summed E-state index contributed by atoms with van der Waals surface area (Å²) in [5.41, 5.74) is 1.30. The number of rotatable bonds is 6. The summed E-state index contributed by atoms with van der Waals surface area (Å²) in [5.74, 6) is 0.422. The van der Waals surface area contributed by atoms with Gasteiger partial charge in [0, 0.05) is 18.7 Å². The van der Waals surface area contributed by atoms with Crippen molar-refractivity contribution in [3.05, 3.63) is 35.9 Å². The lowest BCUT2D eigenvalue weighted by molar-refractivity contribution is 0.174. The Hall–Kier alpha value is -1.55. The zero-order valence-electron chi connectivity index (χ0n) is 13.4. The third-order valence-corrected chi connectivity index (χ3v) is 4.53. The summed E-state index contributed by atoms with van der Waals surface area (Å²) in [4.78, 5) is 12.0. The largest absolute Gasteiger partial charge is 0.396 e. The number of amides is 2. The van der Waals surface area contributed by atoms with Crippen LogP contribution in [0.1, 0.15) is 44.6 Å². The molecule has 0 aromatic heterocycles. The molecule has 1 saturated carbocycles. The van der Waals surface area contributed by atoms with Crippen molar-refractivity contribution in [2.24, 2.45) is 5.92 Å². The fourth-order valence-corrected chi connectivity index (χ4v) is 3.04. The molecule has 0 heterocycles. The van der Waals surface area contributed by atoms with E-state index in [4.69, 9.17) is 5.11 Å². The Morgan fingerprint density at radius 1 is 1.23 bits per heavy atom. The summed E-state index contributed by atoms with van der Waals surface area (Å²) in [6.45, 7) is 2.32. The summed E-state index contributed by atoms with van der Waals surface area (Å²) in [6.07, 6.45) is 5.86. The van der Waals surface area contributed by atoms with Gasteiger partial charge >= 0.3 is 6.03 Å². The van der Waals surface area contributed by atoms with Crippen LogP contribution in [0.15, 0.2) is 30.3 Å². The molecule has 4 nitrogen and oxygen atoms in total. The van der Waals surface area contributed by atoms with E-state index in [1.54, 1.807) is 0 Å². The van der Waals surface area contributed by atoms with E-state index < -0.39 is 0 Å². The quantitative estimate of drug-likeness (QED) is 0.757. The topological polar surface area (TPSA) is 61.4 Å². The molecule has 0 saturated heterocycles. The molecule has 1 aliphatic rings. The number of hydrogen-bond acceptors (Lipinski definition) is 2. The summed E-state index contributed by atoms with van der Waals surface area (Å²) in [5, 5.41) is 15.2. The first-order chi connectivity index (χ1) is 10.7. The third-order valence-electron chi connectivity index (χ3n) is 4.53. The van der Waals surface area contributed by atoms with Crippen LogP contribution in [-0.4, -0.2) is 29.8 Å². The number of carbonyl (C=O) groups excluding carboxylic acids is 1. The van der Waals surface area contributed by atoms with Crippen molar-refractivity contribution in [1.82, 2.24) is 10.6 Å². The SMILES string of the molecule is CC(CCc1ccccc1)NC(=O)NC1CCC(CO)CC1. The molecule has 0 bridgehead atoms. The molecule has 1 atom stereocenters. The Morgan fingerprint density at radius 2 is 1.91 bits per heavy atom. The minimum atomic E-state index is -0.0620. The average Bonchev–Trinajstić information content (AvgIpc) is 2.54. The molecule has 2 rings (SSSR count). The number of urea groups is 1. The predicted octanol–water partition coefficient (Wildman–Crippen LogP) is 2.86. The standard InChI is InChI=1S/C18H28N2O2/c1-14(7-8-15-5-3-2-4-6-15)19-18(22)20-17-11-9-16(13-21)10-12-17/h2-6,14,16-17,21H,7-13H2,1H3,(H2,19,20,22). The van der Waals surface area contributed by atoms with E-state index >= 15 is 0 Å². The summed E-state index contributed by atoms with van der Waals surface area (Å²) >= 11 is 0. The smallest absolute Gasteiger partial charge is 0.315 e. The lowest BCUT2D eigenvalue weighted by Gasteiger charge is -2.28. The molecule has 1 aliphatic carbocycles. The van der Waals surface area contributed by atoms with Crippen LogP contribution in [0.25, 0.3) is 0 Å². The highest BCUT2D eigenvalue weighted by Crippen LogP contribution is 2.23. The van der Waals surface area contributed by atoms with Crippen LogP contribution in [0.5, 0.6) is 0 Å². The highest BCUT2D eigenvalue weighted by atomic mass is 16.3. The molecule has 1 unspecified atom stereocenters. The zero-order valence-corrected chi connectivity index (χ0v) is 13.4. The van der Waals surface area contributed by atoms with Crippen LogP contribution in [0.3, 0.4) is 0 Å². The van der Waals surface area contributed by atoms with Crippen molar-refractivity contribution in [3.63, 3.8) is 0 Å². The van der Waals surface area contributed by atoms with Gasteiger partial charge < -0.3 is 15.7 Å². The Kier molecular flexibility index (Phi) is 6.72. The molecule has 4 heteroatoms. The second kappa shape index (κ2) is 8.79. The van der Waals surface area contributed by atoms with E-state index in [1.165, 1.54) is 5.56 Å². The lowest BCUT2D eigenvalue weighted by atomic mass is 9.87. The molecule has 22 heavy (non-hydrogen) atoms. The van der Waals surface area contributed by atoms with Gasteiger partial charge in [-0.15, -0.1) is 0 Å². The molecule has 0 aliphatic heterocycles. The van der Waals surface area contributed by atoms with Crippen molar-refractivity contribution in [1.29, 1.82) is 0 Å². The van der Waals surface area contributed by atoms with Crippen molar-refractivity contribution in [3.8, 4) is 0 Å². The van der Waals surface area contributed by atoms with Crippen molar-refractivity contribution < 1.29 is 9.90 Å². The fourth-order valence-electron chi connectivity index (χ4n) is 3.04. The van der Waals surface area contributed by atoms with Gasteiger partial charge in [-0.2, -0.15) is 0 Å². The van der Waals surface area contributed by atoms with E-state index in [0.717, 1.165) is 38.5 Å². The van der Waals surface area contributed by atoms with Crippen LogP contribution in [0.4, 0.5) is 4.79 Å². The maximum atomic E-state index is 12.0. The Morgan fingerprint density at radius 3 is 2.55 bits per heavy atom. The number of aryl methyl sites for hydroxylation is 1. The molecule has 1 aromatic rings. The van der Waals surface area contributed by atoms with Crippen molar-refractivity contribution in [2.75, 3.05) is 6.61 Å². The first kappa shape index (κ1) is 16.8. The number of nitrogens with one attached hydrogen (secondary N) is 2. The van der Waals surface area contributed by atoms with Crippen LogP contribution in [0, 0.1) is 5.92 Å². The maximum absolute atomic E-state index is 12.0. The van der Waals surface area contributed by atoms with Crippen LogP contribution in [0.2, 0.25) is 0 Å². The monoisotopic (exact) mass is 304 g/mol. The van der Waals surface area contributed by atoms with Crippen LogP contribution in [-0.2, 0) is 6.42 Å². The number of benzene rings is 1. The minimum absolute atomic E-state index is 0.0620. The summed E-state index contributed by atoms with van der Waals surface area (Å²) in [6, 6.07) is 10.7. The van der Waals surface area contributed by atoms with Gasteiger partial charge in [-0.1, -0.05) is 30.3 Å². The van der Waals surface area contributed by atoms with E-state index in [0.29, 0.717) is 5.92 Å². The van der Waals surface area contributed by atoms with Gasteiger partial charge in [-0.05, 0) is 56.9 Å². The molecule has 3 N–H and O–H groups in total. The Bertz CT molecular complexity index is 442. The van der Waals surface area contributed by atoms with E-state index in [-0.39, 0.29) is 24.7 Å². The Balaban J connectivity index is 1.64. The number of carbonyl (C=O) groups is 1. The first-order valence-corrected chi connectivity index (χ1v) is 8.39. The van der Waals surface area contributed by atoms with Gasteiger partial charge in [0.15, 0.2) is 0 Å². The second-order valence-corrected chi connectivity index (χ2v) is 6.44. The normalized spacial score (nSPS) is 22.8. The fraction of sp³-hybridized carbons (Fsp3) is 0.611. The molecule has 0 radical (unpaired) electrons. The highest BCUT2D eigenvalue weighted by molar-refractivity contribution is 5.74.